The van der Waals surface area contributed by atoms with Gasteiger partial charge >= 0.3 is 11.7 Å². The van der Waals surface area contributed by atoms with Crippen LogP contribution in [0.4, 0.5) is 11.6 Å². The number of carbonyl (C=O) groups excluding carboxylic acids is 1. The standard InChI is InChI=1S/C23H22N4O4/c1-13-17(22(28)30-2)18(19-20(24)26-23(29)27-21(19)25-13)15-10-6-7-11-16(15)31-12-14-8-4-3-5-9-14/h3-11,18H,12H2,1-2H3,(H4,24,25,26,27,29). The quantitative estimate of drug-likeness (QED) is 0.545. The van der Waals surface area contributed by atoms with E-state index in [4.69, 9.17) is 15.2 Å². The van der Waals surface area contributed by atoms with Crippen LogP contribution in [0.3, 0.4) is 0 Å². The van der Waals surface area contributed by atoms with Crippen LogP contribution in [-0.4, -0.2) is 23.0 Å². The number of nitrogens with one attached hydrogen (secondary N) is 2. The minimum Gasteiger partial charge on any atom is -0.489 e. The first-order chi connectivity index (χ1) is 15.0. The smallest absolute Gasteiger partial charge is 0.348 e. The lowest BCUT2D eigenvalue weighted by molar-refractivity contribution is -0.136. The number of nitrogen functional groups attached to an aromatic ring is 1. The fourth-order valence-corrected chi connectivity index (χ4v) is 3.77. The van der Waals surface area contributed by atoms with Gasteiger partial charge in [0.2, 0.25) is 0 Å². The fourth-order valence-electron chi connectivity index (χ4n) is 3.77. The van der Waals surface area contributed by atoms with E-state index >= 15 is 0 Å². The summed E-state index contributed by atoms with van der Waals surface area (Å²) >= 11 is 0. The van der Waals surface area contributed by atoms with Crippen molar-refractivity contribution in [3.05, 3.63) is 93.0 Å². The van der Waals surface area contributed by atoms with E-state index in [-0.39, 0.29) is 5.82 Å². The minimum atomic E-state index is -0.639. The lowest BCUT2D eigenvalue weighted by Crippen LogP contribution is -2.29. The molecule has 1 aromatic heterocycles. The van der Waals surface area contributed by atoms with Crippen molar-refractivity contribution < 1.29 is 14.3 Å². The maximum Gasteiger partial charge on any atom is 0.348 e. The largest absolute Gasteiger partial charge is 0.489 e. The van der Waals surface area contributed by atoms with Gasteiger partial charge in [-0.2, -0.15) is 4.98 Å². The molecule has 0 saturated carbocycles. The third kappa shape index (κ3) is 3.87. The molecular formula is C23H22N4O4. The van der Waals surface area contributed by atoms with E-state index in [2.05, 4.69) is 15.3 Å². The lowest BCUT2D eigenvalue weighted by atomic mass is 9.81. The number of aromatic amines is 1. The molecule has 1 aliphatic rings. The van der Waals surface area contributed by atoms with E-state index in [1.54, 1.807) is 6.92 Å². The summed E-state index contributed by atoms with van der Waals surface area (Å²) in [4.78, 5) is 31.2. The SMILES string of the molecule is COC(=O)C1=C(C)Nc2nc(=O)[nH]c(N)c2C1c1ccccc1OCc1ccccc1. The van der Waals surface area contributed by atoms with Gasteiger partial charge in [0.15, 0.2) is 0 Å². The number of carbonyl (C=O) groups is 1. The number of nitrogens with zero attached hydrogens (tertiary/aromatic N) is 1. The zero-order chi connectivity index (χ0) is 22.0. The molecule has 8 nitrogen and oxygen atoms in total. The molecule has 0 fully saturated rings. The van der Waals surface area contributed by atoms with E-state index in [1.165, 1.54) is 7.11 Å². The van der Waals surface area contributed by atoms with E-state index < -0.39 is 17.6 Å². The number of benzene rings is 2. The van der Waals surface area contributed by atoms with Crippen LogP contribution in [0.5, 0.6) is 5.75 Å². The van der Waals surface area contributed by atoms with Crippen LogP contribution in [0.15, 0.2) is 70.7 Å². The van der Waals surface area contributed by atoms with Crippen LogP contribution in [0.25, 0.3) is 0 Å². The number of aromatic nitrogens is 2. The highest BCUT2D eigenvalue weighted by Crippen LogP contribution is 2.45. The second-order valence-corrected chi connectivity index (χ2v) is 7.12. The first-order valence-corrected chi connectivity index (χ1v) is 9.71. The zero-order valence-electron chi connectivity index (χ0n) is 17.1. The Morgan fingerprint density at radius 2 is 1.84 bits per heavy atom. The summed E-state index contributed by atoms with van der Waals surface area (Å²) in [6.07, 6.45) is 0. The van der Waals surface area contributed by atoms with E-state index in [9.17, 15) is 9.59 Å². The third-order valence-corrected chi connectivity index (χ3v) is 5.16. The molecule has 0 spiro atoms. The molecule has 0 radical (unpaired) electrons. The van der Waals surface area contributed by atoms with Crippen molar-refractivity contribution in [3.63, 3.8) is 0 Å². The average molecular weight is 418 g/mol. The molecule has 1 aliphatic heterocycles. The molecule has 0 bridgehead atoms. The van der Waals surface area contributed by atoms with Gasteiger partial charge in [-0.3, -0.25) is 4.98 Å². The highest BCUT2D eigenvalue weighted by atomic mass is 16.5. The second-order valence-electron chi connectivity index (χ2n) is 7.12. The summed E-state index contributed by atoms with van der Waals surface area (Å²) in [5.41, 5.74) is 8.70. The first kappa shape index (κ1) is 20.2. The summed E-state index contributed by atoms with van der Waals surface area (Å²) in [6, 6.07) is 17.2. The summed E-state index contributed by atoms with van der Waals surface area (Å²) in [5, 5.41) is 3.01. The number of rotatable bonds is 5. The minimum absolute atomic E-state index is 0.124. The van der Waals surface area contributed by atoms with Crippen molar-refractivity contribution in [1.82, 2.24) is 9.97 Å². The second kappa shape index (κ2) is 8.35. The number of hydrogen-bond acceptors (Lipinski definition) is 7. The van der Waals surface area contributed by atoms with Gasteiger partial charge in [-0.25, -0.2) is 9.59 Å². The molecule has 1 atom stereocenters. The van der Waals surface area contributed by atoms with Gasteiger partial charge in [0, 0.05) is 16.8 Å². The number of ether oxygens (including phenoxy) is 2. The first-order valence-electron chi connectivity index (χ1n) is 9.71. The Morgan fingerprint density at radius 1 is 1.13 bits per heavy atom. The predicted molar refractivity (Wildman–Crippen MR) is 117 cm³/mol. The number of hydrogen-bond donors (Lipinski definition) is 3. The topological polar surface area (TPSA) is 119 Å². The van der Waals surface area contributed by atoms with Gasteiger partial charge in [-0.1, -0.05) is 48.5 Å². The Hall–Kier alpha value is -4.07. The summed E-state index contributed by atoms with van der Waals surface area (Å²) in [5.74, 6) is -0.137. The Kier molecular flexibility index (Phi) is 5.44. The number of fused-ring (bicyclic) bond motifs is 1. The molecule has 0 saturated heterocycles. The fraction of sp³-hybridized carbons (Fsp3) is 0.174. The van der Waals surface area contributed by atoms with Gasteiger partial charge in [0.25, 0.3) is 0 Å². The summed E-state index contributed by atoms with van der Waals surface area (Å²) in [7, 11) is 1.32. The van der Waals surface area contributed by atoms with Crippen molar-refractivity contribution in [2.45, 2.75) is 19.4 Å². The number of H-pyrrole nitrogens is 1. The maximum atomic E-state index is 12.7. The molecule has 2 heterocycles. The molecule has 4 rings (SSSR count). The molecule has 158 valence electrons. The highest BCUT2D eigenvalue weighted by Gasteiger charge is 2.37. The molecule has 3 aromatic rings. The predicted octanol–water partition coefficient (Wildman–Crippen LogP) is 2.94. The van der Waals surface area contributed by atoms with Crippen LogP contribution in [0, 0.1) is 0 Å². The van der Waals surface area contributed by atoms with Crippen molar-refractivity contribution in [2.24, 2.45) is 0 Å². The van der Waals surface area contributed by atoms with Gasteiger partial charge in [0.05, 0.1) is 18.6 Å². The van der Waals surface area contributed by atoms with Gasteiger partial charge < -0.3 is 20.5 Å². The average Bonchev–Trinajstić information content (AvgIpc) is 2.77. The van der Waals surface area contributed by atoms with E-state index in [0.29, 0.717) is 40.6 Å². The van der Waals surface area contributed by atoms with Crippen LogP contribution >= 0.6 is 0 Å². The summed E-state index contributed by atoms with van der Waals surface area (Å²) < 4.78 is 11.2. The van der Waals surface area contributed by atoms with Crippen molar-refractivity contribution >= 4 is 17.6 Å². The molecule has 31 heavy (non-hydrogen) atoms. The van der Waals surface area contributed by atoms with Crippen molar-refractivity contribution in [1.29, 1.82) is 0 Å². The summed E-state index contributed by atoms with van der Waals surface area (Å²) in [6.45, 7) is 2.08. The lowest BCUT2D eigenvalue weighted by Gasteiger charge is -2.30. The van der Waals surface area contributed by atoms with Crippen LogP contribution < -0.4 is 21.5 Å². The number of allylic oxidation sites excluding steroid dienone is 1. The van der Waals surface area contributed by atoms with Crippen LogP contribution in [0.2, 0.25) is 0 Å². The molecular weight excluding hydrogens is 396 g/mol. The van der Waals surface area contributed by atoms with Crippen molar-refractivity contribution in [2.75, 3.05) is 18.2 Å². The third-order valence-electron chi connectivity index (χ3n) is 5.16. The molecule has 8 heteroatoms. The molecule has 2 aromatic carbocycles. The van der Waals surface area contributed by atoms with Crippen LogP contribution in [0.1, 0.15) is 29.5 Å². The van der Waals surface area contributed by atoms with Gasteiger partial charge in [-0.05, 0) is 18.6 Å². The molecule has 0 amide bonds. The molecule has 1 unspecified atom stereocenters. The monoisotopic (exact) mass is 418 g/mol. The van der Waals surface area contributed by atoms with E-state index in [0.717, 1.165) is 5.56 Å². The van der Waals surface area contributed by atoms with Gasteiger partial charge in [0.1, 0.15) is 24.0 Å². The molecule has 0 aliphatic carbocycles. The highest BCUT2D eigenvalue weighted by molar-refractivity contribution is 5.95. The number of anilines is 2. The Labute approximate surface area is 178 Å². The Morgan fingerprint density at radius 3 is 2.58 bits per heavy atom. The Bertz CT molecular complexity index is 1220. The van der Waals surface area contributed by atoms with Gasteiger partial charge in [-0.15, -0.1) is 0 Å². The number of para-hydroxylation sites is 1. The van der Waals surface area contributed by atoms with E-state index in [1.807, 2.05) is 54.6 Å². The number of esters is 1. The van der Waals surface area contributed by atoms with Crippen LogP contribution in [-0.2, 0) is 16.1 Å². The normalized spacial score (nSPS) is 15.1. The maximum absolute atomic E-state index is 12.7. The Balaban J connectivity index is 1.85. The number of methoxy groups -OCH3 is 1. The zero-order valence-corrected chi connectivity index (χ0v) is 17.1. The number of nitrogens with two attached hydrogens (primary N) is 1. The van der Waals surface area contributed by atoms with Crippen molar-refractivity contribution in [3.8, 4) is 5.75 Å². The molecule has 4 N–H and O–H groups in total.